The summed E-state index contributed by atoms with van der Waals surface area (Å²) in [6.07, 6.45) is 4.89. The van der Waals surface area contributed by atoms with Crippen LogP contribution in [0.25, 0.3) is 6.08 Å². The van der Waals surface area contributed by atoms with Gasteiger partial charge in [0.1, 0.15) is 0 Å². The minimum absolute atomic E-state index is 0.248. The number of hydrogen-bond acceptors (Lipinski definition) is 5. The van der Waals surface area contributed by atoms with Gasteiger partial charge in [-0.3, -0.25) is 4.79 Å². The number of methoxy groups -OCH3 is 1. The average molecular weight is 396 g/mol. The molecule has 1 atom stereocenters. The van der Waals surface area contributed by atoms with E-state index < -0.39 is 5.97 Å². The number of ketones is 1. The maximum Gasteiger partial charge on any atom is 0.344 e. The second-order valence-electron chi connectivity index (χ2n) is 6.71. The Bertz CT molecular complexity index is 852. The highest BCUT2D eigenvalue weighted by molar-refractivity contribution is 5.98. The quantitative estimate of drug-likeness (QED) is 0.416. The topological polar surface area (TPSA) is 61.8 Å². The van der Waals surface area contributed by atoms with Crippen LogP contribution in [-0.2, 0) is 9.53 Å². The highest BCUT2D eigenvalue weighted by atomic mass is 16.6. The van der Waals surface area contributed by atoms with Gasteiger partial charge in [-0.2, -0.15) is 0 Å². The van der Waals surface area contributed by atoms with Crippen molar-refractivity contribution in [2.24, 2.45) is 0 Å². The summed E-state index contributed by atoms with van der Waals surface area (Å²) >= 11 is 0. The molecule has 2 aromatic carbocycles. The number of esters is 1. The lowest BCUT2D eigenvalue weighted by Gasteiger charge is -2.11. The van der Waals surface area contributed by atoms with Crippen LogP contribution in [0.4, 0.5) is 0 Å². The molecule has 0 aliphatic heterocycles. The van der Waals surface area contributed by atoms with Gasteiger partial charge < -0.3 is 14.2 Å². The van der Waals surface area contributed by atoms with Gasteiger partial charge in [0.05, 0.1) is 7.11 Å². The van der Waals surface area contributed by atoms with Crippen LogP contribution in [0.5, 0.6) is 11.5 Å². The van der Waals surface area contributed by atoms with Crippen LogP contribution in [0.1, 0.15) is 54.6 Å². The first kappa shape index (κ1) is 22.2. The van der Waals surface area contributed by atoms with E-state index >= 15 is 0 Å². The number of benzene rings is 2. The third kappa shape index (κ3) is 6.49. The maximum atomic E-state index is 12.2. The minimum atomic E-state index is -0.617. The standard InChI is InChI=1S/C24H28O5/c1-5-7-18-8-13-22(23(14-18)27-4)28-16-24(26)29-15-21(25)20-11-9-19(10-12-20)17(3)6-2/h5,7-14,17H,6,15-16H2,1-4H3/b7-5+/t17-/m0/s1. The lowest BCUT2D eigenvalue weighted by molar-refractivity contribution is -0.144. The van der Waals surface area contributed by atoms with Crippen LogP contribution in [0.3, 0.4) is 0 Å². The van der Waals surface area contributed by atoms with Gasteiger partial charge in [0.25, 0.3) is 0 Å². The minimum Gasteiger partial charge on any atom is -0.493 e. The van der Waals surface area contributed by atoms with Crippen molar-refractivity contribution in [3.05, 3.63) is 65.2 Å². The number of carbonyl (C=O) groups is 2. The predicted octanol–water partition coefficient (Wildman–Crippen LogP) is 5.05. The summed E-state index contributed by atoms with van der Waals surface area (Å²) in [6.45, 7) is 5.56. The van der Waals surface area contributed by atoms with Crippen molar-refractivity contribution in [1.29, 1.82) is 0 Å². The van der Waals surface area contributed by atoms with E-state index in [0.29, 0.717) is 23.0 Å². The molecule has 0 aliphatic rings. The van der Waals surface area contributed by atoms with Crippen molar-refractivity contribution in [2.75, 3.05) is 20.3 Å². The van der Waals surface area contributed by atoms with Gasteiger partial charge in [0.15, 0.2) is 30.5 Å². The third-order valence-electron chi connectivity index (χ3n) is 4.67. The first-order valence-corrected chi connectivity index (χ1v) is 9.70. The lowest BCUT2D eigenvalue weighted by atomic mass is 9.97. The Morgan fingerprint density at radius 3 is 2.38 bits per heavy atom. The summed E-state index contributed by atoms with van der Waals surface area (Å²) in [6, 6.07) is 12.8. The van der Waals surface area contributed by atoms with Gasteiger partial charge in [0.2, 0.25) is 0 Å². The Hall–Kier alpha value is -3.08. The van der Waals surface area contributed by atoms with E-state index in [2.05, 4.69) is 13.8 Å². The van der Waals surface area contributed by atoms with Crippen LogP contribution in [-0.4, -0.2) is 32.1 Å². The first-order valence-electron chi connectivity index (χ1n) is 9.70. The number of Topliss-reactive ketones (excluding diaryl/α,β-unsaturated/α-hetero) is 1. The molecule has 5 heteroatoms. The van der Waals surface area contributed by atoms with Gasteiger partial charge >= 0.3 is 5.97 Å². The molecule has 0 aliphatic carbocycles. The molecule has 154 valence electrons. The molecule has 5 nitrogen and oxygen atoms in total. The van der Waals surface area contributed by atoms with E-state index in [1.165, 1.54) is 12.7 Å². The monoisotopic (exact) mass is 396 g/mol. The number of carbonyl (C=O) groups excluding carboxylic acids is 2. The molecule has 29 heavy (non-hydrogen) atoms. The Labute approximate surface area is 172 Å². The molecular formula is C24H28O5. The summed E-state index contributed by atoms with van der Waals surface area (Å²) in [5, 5.41) is 0. The second kappa shape index (κ2) is 11.1. The van der Waals surface area contributed by atoms with Gasteiger partial charge in [0, 0.05) is 5.56 Å². The highest BCUT2D eigenvalue weighted by Crippen LogP contribution is 2.28. The third-order valence-corrected chi connectivity index (χ3v) is 4.67. The Morgan fingerprint density at radius 2 is 1.76 bits per heavy atom. The van der Waals surface area contributed by atoms with E-state index in [4.69, 9.17) is 14.2 Å². The summed E-state index contributed by atoms with van der Waals surface area (Å²) < 4.78 is 15.8. The predicted molar refractivity (Wildman–Crippen MR) is 114 cm³/mol. The van der Waals surface area contributed by atoms with Gasteiger partial charge in [-0.05, 0) is 42.5 Å². The normalized spacial score (nSPS) is 11.9. The molecule has 0 amide bonds. The molecule has 2 rings (SSSR count). The van der Waals surface area contributed by atoms with Crippen molar-refractivity contribution in [3.63, 3.8) is 0 Å². The zero-order valence-corrected chi connectivity index (χ0v) is 17.4. The number of allylic oxidation sites excluding steroid dienone is 1. The molecule has 0 aromatic heterocycles. The molecule has 0 spiro atoms. The smallest absolute Gasteiger partial charge is 0.344 e. The average Bonchev–Trinajstić information content (AvgIpc) is 2.76. The van der Waals surface area contributed by atoms with Gasteiger partial charge in [-0.1, -0.05) is 56.3 Å². The molecule has 0 N–H and O–H groups in total. The fourth-order valence-corrected chi connectivity index (χ4v) is 2.74. The molecule has 2 aromatic rings. The van der Waals surface area contributed by atoms with E-state index in [9.17, 15) is 9.59 Å². The zero-order chi connectivity index (χ0) is 21.2. The Balaban J connectivity index is 1.86. The van der Waals surface area contributed by atoms with Crippen LogP contribution in [0, 0.1) is 0 Å². The van der Waals surface area contributed by atoms with Gasteiger partial charge in [-0.25, -0.2) is 4.79 Å². The largest absolute Gasteiger partial charge is 0.493 e. The van der Waals surface area contributed by atoms with E-state index in [0.717, 1.165) is 12.0 Å². The van der Waals surface area contributed by atoms with Crippen molar-refractivity contribution in [2.45, 2.75) is 33.1 Å². The fourth-order valence-electron chi connectivity index (χ4n) is 2.74. The second-order valence-corrected chi connectivity index (χ2v) is 6.71. The lowest BCUT2D eigenvalue weighted by Crippen LogP contribution is -2.19. The molecule has 0 radical (unpaired) electrons. The molecule has 0 unspecified atom stereocenters. The Morgan fingerprint density at radius 1 is 1.03 bits per heavy atom. The van der Waals surface area contributed by atoms with Crippen LogP contribution in [0.15, 0.2) is 48.5 Å². The van der Waals surface area contributed by atoms with Crippen molar-refractivity contribution >= 4 is 17.8 Å². The molecule has 0 fully saturated rings. The molecule has 0 saturated carbocycles. The van der Waals surface area contributed by atoms with Crippen molar-refractivity contribution < 1.29 is 23.8 Å². The van der Waals surface area contributed by atoms with Crippen LogP contribution >= 0.6 is 0 Å². The molecule has 0 saturated heterocycles. The number of hydrogen-bond donors (Lipinski definition) is 0. The molecular weight excluding hydrogens is 368 g/mol. The summed E-state index contributed by atoms with van der Waals surface area (Å²) in [5.41, 5.74) is 2.67. The first-order chi connectivity index (χ1) is 14.0. The summed E-state index contributed by atoms with van der Waals surface area (Å²) in [4.78, 5) is 24.2. The molecule has 0 bridgehead atoms. The summed E-state index contributed by atoms with van der Waals surface area (Å²) in [5.74, 6) is 0.533. The van der Waals surface area contributed by atoms with Crippen molar-refractivity contribution in [1.82, 2.24) is 0 Å². The fraction of sp³-hybridized carbons (Fsp3) is 0.333. The maximum absolute atomic E-state index is 12.2. The number of rotatable bonds is 10. The number of ether oxygens (including phenoxy) is 3. The van der Waals surface area contributed by atoms with Crippen LogP contribution < -0.4 is 9.47 Å². The summed E-state index contributed by atoms with van der Waals surface area (Å²) in [7, 11) is 1.53. The molecule has 0 heterocycles. The van der Waals surface area contributed by atoms with E-state index in [1.807, 2.05) is 43.3 Å². The zero-order valence-electron chi connectivity index (χ0n) is 17.4. The van der Waals surface area contributed by atoms with Crippen LogP contribution in [0.2, 0.25) is 0 Å². The van der Waals surface area contributed by atoms with Gasteiger partial charge in [-0.15, -0.1) is 0 Å². The Kier molecular flexibility index (Phi) is 8.46. The van der Waals surface area contributed by atoms with E-state index in [-0.39, 0.29) is 19.0 Å². The van der Waals surface area contributed by atoms with Crippen molar-refractivity contribution in [3.8, 4) is 11.5 Å². The SMILES string of the molecule is C/C=C/c1ccc(OCC(=O)OCC(=O)c2ccc([C@@H](C)CC)cc2)c(OC)c1. The van der Waals surface area contributed by atoms with E-state index in [1.54, 1.807) is 18.2 Å². The highest BCUT2D eigenvalue weighted by Gasteiger charge is 2.13.